The third kappa shape index (κ3) is 7.05. The Morgan fingerprint density at radius 1 is 1.26 bits per heavy atom. The minimum atomic E-state index is 0. The molecular weight excluding hydrogens is 405 g/mol. The Balaban J connectivity index is 0.00000264. The van der Waals surface area contributed by atoms with E-state index in [9.17, 15) is 0 Å². The first-order chi connectivity index (χ1) is 10.7. The Kier molecular flexibility index (Phi) is 9.50. The first-order valence-corrected chi connectivity index (χ1v) is 8.55. The molecule has 1 aromatic heterocycles. The van der Waals surface area contributed by atoms with Gasteiger partial charge in [0.25, 0.3) is 0 Å². The Labute approximate surface area is 156 Å². The van der Waals surface area contributed by atoms with Crippen molar-refractivity contribution in [1.82, 2.24) is 20.8 Å². The number of hydrogen-bond acceptors (Lipinski definition) is 4. The normalized spacial score (nSPS) is 21.6. The second-order valence-corrected chi connectivity index (χ2v) is 6.08. The van der Waals surface area contributed by atoms with E-state index >= 15 is 0 Å². The molecule has 0 atom stereocenters. The number of aryl methyl sites for hydroxylation is 1. The van der Waals surface area contributed by atoms with E-state index in [2.05, 4.69) is 39.6 Å². The van der Waals surface area contributed by atoms with Gasteiger partial charge in [0.05, 0.1) is 0 Å². The van der Waals surface area contributed by atoms with E-state index in [4.69, 9.17) is 4.52 Å². The number of guanidine groups is 1. The van der Waals surface area contributed by atoms with E-state index in [1.54, 1.807) is 6.92 Å². The highest BCUT2D eigenvalue weighted by Crippen LogP contribution is 2.27. The Morgan fingerprint density at radius 2 is 2.00 bits per heavy atom. The molecule has 0 amide bonds. The van der Waals surface area contributed by atoms with Crippen LogP contribution in [0.2, 0.25) is 0 Å². The van der Waals surface area contributed by atoms with Crippen molar-refractivity contribution >= 4 is 29.9 Å². The fourth-order valence-corrected chi connectivity index (χ4v) is 3.07. The largest absolute Gasteiger partial charge is 0.357 e. The highest BCUT2D eigenvalue weighted by Gasteiger charge is 2.21. The molecule has 132 valence electrons. The zero-order valence-corrected chi connectivity index (χ0v) is 16.8. The summed E-state index contributed by atoms with van der Waals surface area (Å²) in [7, 11) is 0. The minimum Gasteiger partial charge on any atom is -0.357 e. The van der Waals surface area contributed by atoms with Crippen LogP contribution >= 0.6 is 24.0 Å². The van der Waals surface area contributed by atoms with Crippen molar-refractivity contribution in [3.8, 4) is 0 Å². The molecule has 1 aliphatic rings. The fraction of sp³-hybridized carbons (Fsp3) is 0.812. The van der Waals surface area contributed by atoms with Crippen LogP contribution in [0, 0.1) is 12.8 Å². The highest BCUT2D eigenvalue weighted by molar-refractivity contribution is 14.0. The van der Waals surface area contributed by atoms with E-state index in [1.165, 1.54) is 38.5 Å². The van der Waals surface area contributed by atoms with Crippen LogP contribution in [0.15, 0.2) is 9.52 Å². The number of aromatic nitrogens is 2. The monoisotopic (exact) mass is 435 g/mol. The SMILES string of the molecule is CCCC1CCC(NC(=NCc2noc(C)n2)NCC)CC1.I. The van der Waals surface area contributed by atoms with E-state index in [0.29, 0.717) is 24.3 Å². The Hall–Kier alpha value is -0.860. The fourth-order valence-electron chi connectivity index (χ4n) is 3.07. The summed E-state index contributed by atoms with van der Waals surface area (Å²) in [5, 5.41) is 10.7. The number of nitrogens with zero attached hydrogens (tertiary/aromatic N) is 3. The lowest BCUT2D eigenvalue weighted by Gasteiger charge is -2.30. The number of nitrogens with one attached hydrogen (secondary N) is 2. The van der Waals surface area contributed by atoms with Crippen molar-refractivity contribution in [3.05, 3.63) is 11.7 Å². The minimum absolute atomic E-state index is 0. The van der Waals surface area contributed by atoms with Gasteiger partial charge in [-0.05, 0) is 38.5 Å². The van der Waals surface area contributed by atoms with E-state index < -0.39 is 0 Å². The number of aliphatic imine (C=N–C) groups is 1. The van der Waals surface area contributed by atoms with Crippen LogP contribution in [-0.2, 0) is 6.54 Å². The summed E-state index contributed by atoms with van der Waals surface area (Å²) in [6.45, 7) is 7.44. The van der Waals surface area contributed by atoms with Gasteiger partial charge in [-0.1, -0.05) is 24.9 Å². The van der Waals surface area contributed by atoms with Crippen molar-refractivity contribution in [3.63, 3.8) is 0 Å². The van der Waals surface area contributed by atoms with E-state index in [0.717, 1.165) is 18.4 Å². The van der Waals surface area contributed by atoms with Crippen molar-refractivity contribution < 1.29 is 4.52 Å². The molecule has 0 aromatic carbocycles. The zero-order chi connectivity index (χ0) is 15.8. The highest BCUT2D eigenvalue weighted by atomic mass is 127. The lowest BCUT2D eigenvalue weighted by atomic mass is 9.83. The average Bonchev–Trinajstić information content (AvgIpc) is 2.93. The first-order valence-electron chi connectivity index (χ1n) is 8.55. The second-order valence-electron chi connectivity index (χ2n) is 6.08. The second kappa shape index (κ2) is 10.8. The topological polar surface area (TPSA) is 75.3 Å². The summed E-state index contributed by atoms with van der Waals surface area (Å²) >= 11 is 0. The van der Waals surface area contributed by atoms with Crippen LogP contribution in [0.3, 0.4) is 0 Å². The molecule has 1 saturated carbocycles. The predicted octanol–water partition coefficient (Wildman–Crippen LogP) is 3.41. The molecule has 1 heterocycles. The molecule has 1 fully saturated rings. The lowest BCUT2D eigenvalue weighted by Crippen LogP contribution is -2.44. The van der Waals surface area contributed by atoms with Gasteiger partial charge in [-0.15, -0.1) is 24.0 Å². The summed E-state index contributed by atoms with van der Waals surface area (Å²) < 4.78 is 4.97. The van der Waals surface area contributed by atoms with Crippen LogP contribution in [-0.4, -0.2) is 28.7 Å². The van der Waals surface area contributed by atoms with Crippen LogP contribution in [0.25, 0.3) is 0 Å². The summed E-state index contributed by atoms with van der Waals surface area (Å²) in [6, 6.07) is 0.526. The Morgan fingerprint density at radius 3 is 2.57 bits per heavy atom. The molecular formula is C16H30IN5O. The van der Waals surface area contributed by atoms with E-state index in [-0.39, 0.29) is 24.0 Å². The maximum absolute atomic E-state index is 4.97. The third-order valence-corrected chi connectivity index (χ3v) is 4.18. The molecule has 2 rings (SSSR count). The number of halogens is 1. The molecule has 7 heteroatoms. The summed E-state index contributed by atoms with van der Waals surface area (Å²) in [4.78, 5) is 8.74. The molecule has 0 unspecified atom stereocenters. The molecule has 1 aliphatic carbocycles. The standard InChI is InChI=1S/C16H29N5O.HI/c1-4-6-13-7-9-14(10-8-13)20-16(17-5-2)18-11-15-19-12(3)22-21-15;/h13-14H,4-11H2,1-3H3,(H2,17,18,20);1H. The van der Waals surface area contributed by atoms with Crippen molar-refractivity contribution in [2.75, 3.05) is 6.54 Å². The van der Waals surface area contributed by atoms with Gasteiger partial charge >= 0.3 is 0 Å². The molecule has 0 aliphatic heterocycles. The van der Waals surface area contributed by atoms with Gasteiger partial charge in [0.15, 0.2) is 11.8 Å². The molecule has 1 aromatic rings. The zero-order valence-electron chi connectivity index (χ0n) is 14.5. The van der Waals surface area contributed by atoms with Gasteiger partial charge in [-0.2, -0.15) is 4.98 Å². The molecule has 0 radical (unpaired) electrons. The summed E-state index contributed by atoms with van der Waals surface area (Å²) in [5.74, 6) is 2.98. The average molecular weight is 435 g/mol. The predicted molar refractivity (Wildman–Crippen MR) is 103 cm³/mol. The molecule has 0 spiro atoms. The maximum Gasteiger partial charge on any atom is 0.223 e. The van der Waals surface area contributed by atoms with Crippen LogP contribution in [0.5, 0.6) is 0 Å². The van der Waals surface area contributed by atoms with E-state index in [1.807, 2.05) is 0 Å². The third-order valence-electron chi connectivity index (χ3n) is 4.18. The van der Waals surface area contributed by atoms with Crippen molar-refractivity contribution in [2.45, 2.75) is 71.9 Å². The summed E-state index contributed by atoms with van der Waals surface area (Å²) in [6.07, 6.45) is 7.80. The van der Waals surface area contributed by atoms with Gasteiger partial charge in [0, 0.05) is 19.5 Å². The molecule has 2 N–H and O–H groups in total. The molecule has 23 heavy (non-hydrogen) atoms. The molecule has 0 saturated heterocycles. The van der Waals surface area contributed by atoms with Crippen molar-refractivity contribution in [2.24, 2.45) is 10.9 Å². The van der Waals surface area contributed by atoms with Crippen LogP contribution in [0.4, 0.5) is 0 Å². The number of rotatable bonds is 6. The first kappa shape index (κ1) is 20.2. The van der Waals surface area contributed by atoms with Crippen LogP contribution in [0.1, 0.15) is 64.1 Å². The van der Waals surface area contributed by atoms with Gasteiger partial charge in [0.1, 0.15) is 6.54 Å². The smallest absolute Gasteiger partial charge is 0.223 e. The lowest BCUT2D eigenvalue weighted by molar-refractivity contribution is 0.295. The maximum atomic E-state index is 4.97. The Bertz CT molecular complexity index is 469. The van der Waals surface area contributed by atoms with Gasteiger partial charge < -0.3 is 15.2 Å². The summed E-state index contributed by atoms with van der Waals surface area (Å²) in [5.41, 5.74) is 0. The van der Waals surface area contributed by atoms with Crippen LogP contribution < -0.4 is 10.6 Å². The molecule has 0 bridgehead atoms. The molecule has 6 nitrogen and oxygen atoms in total. The van der Waals surface area contributed by atoms with Gasteiger partial charge in [-0.25, -0.2) is 4.99 Å². The number of hydrogen-bond donors (Lipinski definition) is 2. The van der Waals surface area contributed by atoms with Gasteiger partial charge in [0.2, 0.25) is 5.89 Å². The van der Waals surface area contributed by atoms with Crippen molar-refractivity contribution in [1.29, 1.82) is 0 Å². The van der Waals surface area contributed by atoms with Gasteiger partial charge in [-0.3, -0.25) is 0 Å². The quantitative estimate of drug-likeness (QED) is 0.407.